The molecule has 0 aromatic carbocycles. The summed E-state index contributed by atoms with van der Waals surface area (Å²) >= 11 is 0. The number of amides is 2. The second kappa shape index (κ2) is 7.58. The summed E-state index contributed by atoms with van der Waals surface area (Å²) < 4.78 is 6.05. The van der Waals surface area contributed by atoms with Crippen LogP contribution < -0.4 is 10.6 Å². The summed E-state index contributed by atoms with van der Waals surface area (Å²) in [4.78, 5) is 17.1. The smallest absolute Gasteiger partial charge is 0.315 e. The van der Waals surface area contributed by atoms with Crippen molar-refractivity contribution in [1.29, 1.82) is 0 Å². The quantitative estimate of drug-likeness (QED) is 0.799. The van der Waals surface area contributed by atoms with Gasteiger partial charge in [-0.05, 0) is 61.1 Å². The highest BCUT2D eigenvalue weighted by molar-refractivity contribution is 5.74. The molecule has 6 heteroatoms. The van der Waals surface area contributed by atoms with Gasteiger partial charge in [-0.25, -0.2) is 4.79 Å². The summed E-state index contributed by atoms with van der Waals surface area (Å²) in [6.07, 6.45) is 2.89. The van der Waals surface area contributed by atoms with E-state index < -0.39 is 0 Å². The molecule has 0 aromatic heterocycles. The molecule has 2 aliphatic heterocycles. The number of hydrogen-bond acceptors (Lipinski definition) is 4. The number of hydrogen-bond donors (Lipinski definition) is 2. The van der Waals surface area contributed by atoms with Crippen LogP contribution in [0.4, 0.5) is 4.79 Å². The van der Waals surface area contributed by atoms with Crippen LogP contribution in [0.25, 0.3) is 0 Å². The van der Waals surface area contributed by atoms with E-state index in [-0.39, 0.29) is 29.3 Å². The summed E-state index contributed by atoms with van der Waals surface area (Å²) in [5, 5.41) is 6.28. The number of carbonyl (C=O) groups excluding carboxylic acids is 1. The molecule has 2 aliphatic rings. The topological polar surface area (TPSA) is 56.8 Å². The Balaban J connectivity index is 1.72. The highest BCUT2D eigenvalue weighted by Crippen LogP contribution is 2.37. The zero-order valence-corrected chi connectivity index (χ0v) is 16.3. The number of carbonyl (C=O) groups is 1. The van der Waals surface area contributed by atoms with Gasteiger partial charge in [-0.1, -0.05) is 0 Å². The Labute approximate surface area is 147 Å². The Bertz CT molecular complexity index is 429. The Morgan fingerprint density at radius 2 is 1.79 bits per heavy atom. The predicted molar refractivity (Wildman–Crippen MR) is 97.3 cm³/mol. The monoisotopic (exact) mass is 340 g/mol. The number of likely N-dealkylation sites (tertiary alicyclic amines) is 1. The van der Waals surface area contributed by atoms with Gasteiger partial charge in [0.15, 0.2) is 0 Å². The van der Waals surface area contributed by atoms with Crippen molar-refractivity contribution < 1.29 is 9.53 Å². The van der Waals surface area contributed by atoms with Crippen LogP contribution in [0.15, 0.2) is 0 Å². The molecule has 0 bridgehead atoms. The molecule has 0 saturated carbocycles. The molecule has 140 valence electrons. The first kappa shape index (κ1) is 19.5. The molecule has 0 radical (unpaired) electrons. The second-order valence-electron chi connectivity index (χ2n) is 8.76. The fraction of sp³-hybridized carbons (Fsp3) is 0.944. The van der Waals surface area contributed by atoms with Crippen molar-refractivity contribution in [3.63, 3.8) is 0 Å². The molecule has 0 aromatic rings. The fourth-order valence-corrected chi connectivity index (χ4v) is 3.81. The van der Waals surface area contributed by atoms with E-state index in [9.17, 15) is 4.79 Å². The zero-order valence-electron chi connectivity index (χ0n) is 16.3. The summed E-state index contributed by atoms with van der Waals surface area (Å²) in [6, 6.07) is 0.271. The molecule has 2 saturated heterocycles. The molecular weight excluding hydrogens is 304 g/mol. The average Bonchev–Trinajstić information content (AvgIpc) is 2.65. The van der Waals surface area contributed by atoms with E-state index in [4.69, 9.17) is 4.74 Å². The normalized spacial score (nSPS) is 27.4. The lowest BCUT2D eigenvalue weighted by Crippen LogP contribution is -2.53. The van der Waals surface area contributed by atoms with Gasteiger partial charge in [0.2, 0.25) is 0 Å². The summed E-state index contributed by atoms with van der Waals surface area (Å²) in [6.45, 7) is 12.6. The largest absolute Gasteiger partial charge is 0.367 e. The molecule has 6 nitrogen and oxygen atoms in total. The minimum Gasteiger partial charge on any atom is -0.367 e. The number of piperidine rings is 1. The van der Waals surface area contributed by atoms with Gasteiger partial charge in [-0.2, -0.15) is 0 Å². The van der Waals surface area contributed by atoms with Crippen molar-refractivity contribution >= 4 is 6.03 Å². The highest BCUT2D eigenvalue weighted by Gasteiger charge is 2.46. The molecule has 2 amide bonds. The average molecular weight is 341 g/mol. The lowest BCUT2D eigenvalue weighted by atomic mass is 9.94. The van der Waals surface area contributed by atoms with Crippen molar-refractivity contribution in [2.24, 2.45) is 0 Å². The van der Waals surface area contributed by atoms with Crippen LogP contribution in [-0.2, 0) is 4.74 Å². The minimum absolute atomic E-state index is 0.0488. The Hall–Kier alpha value is -0.850. The Morgan fingerprint density at radius 1 is 1.17 bits per heavy atom. The summed E-state index contributed by atoms with van der Waals surface area (Å²) in [5.74, 6) is 0. The number of rotatable bonds is 5. The molecular formula is C18H36N4O2. The van der Waals surface area contributed by atoms with Gasteiger partial charge >= 0.3 is 6.03 Å². The second-order valence-corrected chi connectivity index (χ2v) is 8.76. The van der Waals surface area contributed by atoms with Crippen molar-refractivity contribution in [1.82, 2.24) is 20.4 Å². The van der Waals surface area contributed by atoms with Gasteiger partial charge in [-0.15, -0.1) is 0 Å². The van der Waals surface area contributed by atoms with Crippen LogP contribution in [0, 0.1) is 0 Å². The molecule has 2 heterocycles. The maximum absolute atomic E-state index is 12.4. The molecule has 2 rings (SSSR count). The van der Waals surface area contributed by atoms with Crippen molar-refractivity contribution in [3.05, 3.63) is 0 Å². The number of urea groups is 1. The van der Waals surface area contributed by atoms with E-state index in [0.29, 0.717) is 0 Å². The first-order valence-electron chi connectivity index (χ1n) is 9.22. The molecule has 2 fully saturated rings. The van der Waals surface area contributed by atoms with Gasteiger partial charge in [0.25, 0.3) is 0 Å². The first-order chi connectivity index (χ1) is 11.1. The summed E-state index contributed by atoms with van der Waals surface area (Å²) in [5.41, 5.74) is -0.504. The maximum atomic E-state index is 12.4. The number of ether oxygens (including phenoxy) is 1. The van der Waals surface area contributed by atoms with E-state index in [1.807, 2.05) is 0 Å². The minimum atomic E-state index is -0.323. The van der Waals surface area contributed by atoms with E-state index in [2.05, 4.69) is 62.2 Å². The Kier molecular flexibility index (Phi) is 6.15. The van der Waals surface area contributed by atoms with Gasteiger partial charge in [0.1, 0.15) is 0 Å². The molecule has 1 atom stereocenters. The van der Waals surface area contributed by atoms with E-state index in [0.717, 1.165) is 45.4 Å². The summed E-state index contributed by atoms with van der Waals surface area (Å²) in [7, 11) is 4.21. The van der Waals surface area contributed by atoms with E-state index >= 15 is 0 Å². The Morgan fingerprint density at radius 3 is 2.29 bits per heavy atom. The third kappa shape index (κ3) is 5.60. The van der Waals surface area contributed by atoms with E-state index in [1.165, 1.54) is 0 Å². The van der Waals surface area contributed by atoms with E-state index in [1.54, 1.807) is 0 Å². The van der Waals surface area contributed by atoms with Crippen molar-refractivity contribution in [2.75, 3.05) is 40.3 Å². The van der Waals surface area contributed by atoms with Crippen LogP contribution >= 0.6 is 0 Å². The molecule has 0 aliphatic carbocycles. The van der Waals surface area contributed by atoms with Gasteiger partial charge < -0.3 is 25.2 Å². The van der Waals surface area contributed by atoms with Crippen molar-refractivity contribution in [2.45, 2.75) is 70.2 Å². The molecule has 24 heavy (non-hydrogen) atoms. The SMILES string of the molecule is CN(C)CCN1CCC(NC(=O)N[C@@H]2CC(C)(C)OC2(C)C)CC1. The van der Waals surface area contributed by atoms with Crippen LogP contribution in [-0.4, -0.2) is 79.4 Å². The third-order valence-corrected chi connectivity index (χ3v) is 5.17. The molecule has 2 N–H and O–H groups in total. The molecule has 0 spiro atoms. The predicted octanol–water partition coefficient (Wildman–Crippen LogP) is 1.66. The standard InChI is InChI=1S/C18H36N4O2/c1-17(2)13-15(18(3,4)24-17)20-16(23)19-14-7-9-22(10-8-14)12-11-21(5)6/h14-15H,7-13H2,1-6H3,(H2,19,20,23)/t15-/m1/s1. The number of likely N-dealkylation sites (N-methyl/N-ethyl adjacent to an activating group) is 1. The highest BCUT2D eigenvalue weighted by atomic mass is 16.5. The lowest BCUT2D eigenvalue weighted by Gasteiger charge is -2.33. The zero-order chi connectivity index (χ0) is 18.0. The lowest BCUT2D eigenvalue weighted by molar-refractivity contribution is -0.0691. The molecule has 0 unspecified atom stereocenters. The van der Waals surface area contributed by atoms with Crippen LogP contribution in [0.1, 0.15) is 47.0 Å². The van der Waals surface area contributed by atoms with Gasteiger partial charge in [0, 0.05) is 32.2 Å². The maximum Gasteiger partial charge on any atom is 0.315 e. The number of nitrogens with zero attached hydrogens (tertiary/aromatic N) is 2. The first-order valence-corrected chi connectivity index (χ1v) is 9.22. The fourth-order valence-electron chi connectivity index (χ4n) is 3.81. The van der Waals surface area contributed by atoms with Crippen LogP contribution in [0.5, 0.6) is 0 Å². The number of nitrogens with one attached hydrogen (secondary N) is 2. The third-order valence-electron chi connectivity index (χ3n) is 5.17. The van der Waals surface area contributed by atoms with Crippen LogP contribution in [0.2, 0.25) is 0 Å². The van der Waals surface area contributed by atoms with Crippen molar-refractivity contribution in [3.8, 4) is 0 Å². The van der Waals surface area contributed by atoms with Crippen LogP contribution in [0.3, 0.4) is 0 Å². The van der Waals surface area contributed by atoms with Gasteiger partial charge in [0.05, 0.1) is 17.2 Å². The van der Waals surface area contributed by atoms with Gasteiger partial charge in [-0.3, -0.25) is 0 Å².